The van der Waals surface area contributed by atoms with Crippen molar-refractivity contribution in [1.29, 1.82) is 0 Å². The van der Waals surface area contributed by atoms with Gasteiger partial charge in [0.1, 0.15) is 12.3 Å². The number of rotatable bonds is 6. The number of hydrogen-bond donors (Lipinski definition) is 0. The zero-order chi connectivity index (χ0) is 25.3. The third kappa shape index (κ3) is 5.42. The first-order valence-electron chi connectivity index (χ1n) is 10.6. The Morgan fingerprint density at radius 2 is 1.80 bits per heavy atom. The van der Waals surface area contributed by atoms with Gasteiger partial charge in [-0.15, -0.1) is 0 Å². The van der Waals surface area contributed by atoms with E-state index in [0.29, 0.717) is 10.6 Å². The summed E-state index contributed by atoms with van der Waals surface area (Å²) < 4.78 is 34.6. The van der Waals surface area contributed by atoms with Crippen molar-refractivity contribution in [3.63, 3.8) is 0 Å². The predicted molar refractivity (Wildman–Crippen MR) is 138 cm³/mol. The molecule has 0 saturated heterocycles. The Balaban J connectivity index is 1.77. The molecular formula is C24H22Cl3N3O4S. The molecule has 1 aliphatic rings. The first-order chi connectivity index (χ1) is 16.6. The molecule has 4 rings (SSSR count). The Kier molecular flexibility index (Phi) is 7.59. The Bertz CT molecular complexity index is 1360. The molecule has 3 aromatic rings. The second-order valence-corrected chi connectivity index (χ2v) is 11.4. The van der Waals surface area contributed by atoms with Gasteiger partial charge in [-0.1, -0.05) is 46.9 Å². The quantitative estimate of drug-likeness (QED) is 0.400. The van der Waals surface area contributed by atoms with Crippen LogP contribution in [0.15, 0.2) is 59.6 Å². The third-order valence-corrected chi connectivity index (χ3v) is 8.31. The van der Waals surface area contributed by atoms with Crippen LogP contribution in [0.3, 0.4) is 0 Å². The summed E-state index contributed by atoms with van der Waals surface area (Å²) >= 11 is 18.5. The maximum absolute atomic E-state index is 13.7. The molecule has 0 radical (unpaired) electrons. The SMILES string of the molecule is CN(C)[C@H]1COc2ncc(CC(=O)c3c(Cl)cccc3Cl)cc2N(S(=O)(=O)c2cccc(Cl)c2)C1. The summed E-state index contributed by atoms with van der Waals surface area (Å²) in [7, 11) is -0.331. The maximum atomic E-state index is 13.7. The molecule has 1 aliphatic heterocycles. The van der Waals surface area contributed by atoms with E-state index in [2.05, 4.69) is 4.98 Å². The topological polar surface area (TPSA) is 79.8 Å². The molecule has 2 heterocycles. The summed E-state index contributed by atoms with van der Waals surface area (Å²) in [5.41, 5.74) is 0.936. The Hall–Kier alpha value is -2.36. The van der Waals surface area contributed by atoms with Crippen molar-refractivity contribution in [2.24, 2.45) is 0 Å². The first kappa shape index (κ1) is 25.7. The van der Waals surface area contributed by atoms with Gasteiger partial charge < -0.3 is 9.64 Å². The van der Waals surface area contributed by atoms with Crippen LogP contribution in [-0.2, 0) is 16.4 Å². The van der Waals surface area contributed by atoms with Gasteiger partial charge in [0.05, 0.1) is 33.1 Å². The number of pyridine rings is 1. The number of ketones is 1. The van der Waals surface area contributed by atoms with E-state index >= 15 is 0 Å². The number of likely N-dealkylation sites (N-methyl/N-ethyl adjacent to an activating group) is 1. The second-order valence-electron chi connectivity index (χ2n) is 8.29. The molecule has 0 amide bonds. The number of carbonyl (C=O) groups is 1. The van der Waals surface area contributed by atoms with Crippen LogP contribution in [0.1, 0.15) is 15.9 Å². The number of carbonyl (C=O) groups excluding carboxylic acids is 1. The number of benzene rings is 2. The van der Waals surface area contributed by atoms with E-state index in [9.17, 15) is 13.2 Å². The fourth-order valence-electron chi connectivity index (χ4n) is 3.72. The lowest BCUT2D eigenvalue weighted by molar-refractivity contribution is 0.0993. The number of anilines is 1. The van der Waals surface area contributed by atoms with Gasteiger partial charge in [0.2, 0.25) is 5.88 Å². The second kappa shape index (κ2) is 10.3. The lowest BCUT2D eigenvalue weighted by Crippen LogP contribution is -2.44. The van der Waals surface area contributed by atoms with Gasteiger partial charge in [-0.3, -0.25) is 9.10 Å². The largest absolute Gasteiger partial charge is 0.474 e. The molecule has 1 aromatic heterocycles. The highest BCUT2D eigenvalue weighted by molar-refractivity contribution is 7.92. The van der Waals surface area contributed by atoms with Gasteiger partial charge in [0.25, 0.3) is 10.0 Å². The van der Waals surface area contributed by atoms with Gasteiger partial charge in [-0.25, -0.2) is 13.4 Å². The van der Waals surface area contributed by atoms with Crippen molar-refractivity contribution < 1.29 is 17.9 Å². The average molecular weight is 555 g/mol. The maximum Gasteiger partial charge on any atom is 0.264 e. The molecule has 35 heavy (non-hydrogen) atoms. The molecule has 0 unspecified atom stereocenters. The van der Waals surface area contributed by atoms with Crippen LogP contribution < -0.4 is 9.04 Å². The molecule has 0 fully saturated rings. The average Bonchev–Trinajstić information content (AvgIpc) is 2.99. The summed E-state index contributed by atoms with van der Waals surface area (Å²) in [6.45, 7) is 0.354. The van der Waals surface area contributed by atoms with Crippen molar-refractivity contribution in [2.45, 2.75) is 17.4 Å². The standard InChI is InChI=1S/C24H22Cl3N3O4S/c1-29(2)17-13-30(35(32,33)18-6-3-5-16(25)11-18)21-9-15(12-28-24(21)34-14-17)10-22(31)23-19(26)7-4-8-20(23)27/h3-9,11-12,17H,10,13-14H2,1-2H3/t17-/m1/s1. The minimum atomic E-state index is -4.02. The minimum Gasteiger partial charge on any atom is -0.474 e. The monoisotopic (exact) mass is 553 g/mol. The molecule has 0 bridgehead atoms. The number of sulfonamides is 1. The fraction of sp³-hybridized carbons (Fsp3) is 0.250. The van der Waals surface area contributed by atoms with Gasteiger partial charge >= 0.3 is 0 Å². The normalized spacial score (nSPS) is 15.9. The fourth-order valence-corrected chi connectivity index (χ4v) is 6.12. The van der Waals surface area contributed by atoms with Crippen molar-refractivity contribution in [1.82, 2.24) is 9.88 Å². The zero-order valence-corrected chi connectivity index (χ0v) is 22.0. The Morgan fingerprint density at radius 1 is 1.11 bits per heavy atom. The van der Waals surface area contributed by atoms with Crippen molar-refractivity contribution in [2.75, 3.05) is 31.6 Å². The van der Waals surface area contributed by atoms with Crippen LogP contribution in [0.2, 0.25) is 15.1 Å². The van der Waals surface area contributed by atoms with E-state index in [1.165, 1.54) is 22.6 Å². The molecule has 0 N–H and O–H groups in total. The van der Waals surface area contributed by atoms with Crippen LogP contribution in [0, 0.1) is 0 Å². The number of aromatic nitrogens is 1. The molecule has 11 heteroatoms. The van der Waals surface area contributed by atoms with E-state index in [1.54, 1.807) is 36.4 Å². The summed E-state index contributed by atoms with van der Waals surface area (Å²) in [5.74, 6) is -0.153. The number of ether oxygens (including phenoxy) is 1. The molecule has 7 nitrogen and oxygen atoms in total. The van der Waals surface area contributed by atoms with Gasteiger partial charge in [-0.05, 0) is 56.1 Å². The minimum absolute atomic E-state index is 0.0414. The summed E-state index contributed by atoms with van der Waals surface area (Å²) in [4.78, 5) is 19.3. The molecule has 0 saturated carbocycles. The number of fused-ring (bicyclic) bond motifs is 1. The summed E-state index contributed by atoms with van der Waals surface area (Å²) in [6, 6.07) is 12.3. The summed E-state index contributed by atoms with van der Waals surface area (Å²) in [6.07, 6.45) is 1.41. The van der Waals surface area contributed by atoms with E-state index in [-0.39, 0.29) is 63.5 Å². The van der Waals surface area contributed by atoms with Crippen LogP contribution in [0.5, 0.6) is 5.88 Å². The third-order valence-electron chi connectivity index (χ3n) is 5.67. The van der Waals surface area contributed by atoms with Crippen molar-refractivity contribution in [3.05, 3.63) is 80.9 Å². The van der Waals surface area contributed by atoms with E-state index in [4.69, 9.17) is 39.5 Å². The van der Waals surface area contributed by atoms with E-state index in [0.717, 1.165) is 0 Å². The number of halogens is 3. The molecule has 0 spiro atoms. The molecule has 1 atom stereocenters. The first-order valence-corrected chi connectivity index (χ1v) is 13.2. The highest BCUT2D eigenvalue weighted by atomic mass is 35.5. The Labute approximate surface area is 219 Å². The Morgan fingerprint density at radius 3 is 2.46 bits per heavy atom. The predicted octanol–water partition coefficient (Wildman–Crippen LogP) is 4.99. The van der Waals surface area contributed by atoms with Crippen LogP contribution in [0.4, 0.5) is 5.69 Å². The summed E-state index contributed by atoms with van der Waals surface area (Å²) in [5, 5.41) is 0.788. The van der Waals surface area contributed by atoms with E-state index in [1.807, 2.05) is 19.0 Å². The van der Waals surface area contributed by atoms with Gasteiger partial charge in [-0.2, -0.15) is 0 Å². The van der Waals surface area contributed by atoms with Crippen LogP contribution in [-0.4, -0.2) is 57.4 Å². The van der Waals surface area contributed by atoms with Crippen LogP contribution >= 0.6 is 34.8 Å². The molecule has 0 aliphatic carbocycles. The number of nitrogens with zero attached hydrogens (tertiary/aromatic N) is 3. The highest BCUT2D eigenvalue weighted by Crippen LogP contribution is 2.35. The van der Waals surface area contributed by atoms with Crippen molar-refractivity contribution in [3.8, 4) is 5.88 Å². The lowest BCUT2D eigenvalue weighted by atomic mass is 10.0. The van der Waals surface area contributed by atoms with Gasteiger partial charge in [0, 0.05) is 17.6 Å². The van der Waals surface area contributed by atoms with E-state index < -0.39 is 10.0 Å². The number of hydrogen-bond acceptors (Lipinski definition) is 6. The molecule has 2 aromatic carbocycles. The van der Waals surface area contributed by atoms with Crippen LogP contribution in [0.25, 0.3) is 0 Å². The lowest BCUT2D eigenvalue weighted by Gasteiger charge is -2.28. The molecular weight excluding hydrogens is 533 g/mol. The zero-order valence-electron chi connectivity index (χ0n) is 18.9. The molecule has 184 valence electrons. The number of Topliss-reactive ketones (excluding diaryl/α,β-unsaturated/α-hetero) is 1. The smallest absolute Gasteiger partial charge is 0.264 e. The van der Waals surface area contributed by atoms with Crippen molar-refractivity contribution >= 4 is 56.3 Å². The highest BCUT2D eigenvalue weighted by Gasteiger charge is 2.34. The van der Waals surface area contributed by atoms with Gasteiger partial charge in [0.15, 0.2) is 5.78 Å².